The van der Waals surface area contributed by atoms with Crippen LogP contribution in [0.15, 0.2) is 36.4 Å². The van der Waals surface area contributed by atoms with E-state index in [-0.39, 0.29) is 11.9 Å². The highest BCUT2D eigenvalue weighted by Gasteiger charge is 2.30. The molecule has 1 aliphatic heterocycles. The van der Waals surface area contributed by atoms with E-state index in [1.54, 1.807) is 14.2 Å². The fourth-order valence-corrected chi connectivity index (χ4v) is 3.75. The monoisotopic (exact) mass is 388 g/mol. The Morgan fingerprint density at radius 1 is 1.26 bits per heavy atom. The highest BCUT2D eigenvalue weighted by atomic mass is 35.5. The lowest BCUT2D eigenvalue weighted by molar-refractivity contribution is -0.117. The Kier molecular flexibility index (Phi) is 6.24. The number of likely N-dealkylation sites (tertiary alicyclic amines) is 1. The van der Waals surface area contributed by atoms with Crippen LogP contribution in [0.4, 0.5) is 5.69 Å². The number of nitrogens with one attached hydrogen (secondary N) is 1. The molecule has 1 N–H and O–H groups in total. The average molecular weight is 389 g/mol. The van der Waals surface area contributed by atoms with Gasteiger partial charge in [-0.2, -0.15) is 0 Å². The number of nitrogens with zero attached hydrogens (tertiary/aromatic N) is 1. The van der Waals surface area contributed by atoms with Gasteiger partial charge in [-0.15, -0.1) is 0 Å². The van der Waals surface area contributed by atoms with Crippen LogP contribution >= 0.6 is 11.6 Å². The SMILES string of the molecule is COc1ccc([C@@H]2CCCN2CC(=O)Nc2cccc(Cl)c2C)c(OC)c1. The summed E-state index contributed by atoms with van der Waals surface area (Å²) in [6.45, 7) is 3.10. The van der Waals surface area contributed by atoms with Gasteiger partial charge in [0.15, 0.2) is 0 Å². The fraction of sp³-hybridized carbons (Fsp3) is 0.381. The van der Waals surface area contributed by atoms with Crippen LogP contribution in [-0.2, 0) is 4.79 Å². The van der Waals surface area contributed by atoms with E-state index in [0.29, 0.717) is 11.6 Å². The van der Waals surface area contributed by atoms with E-state index in [4.69, 9.17) is 21.1 Å². The molecular formula is C21H25ClN2O3. The van der Waals surface area contributed by atoms with Gasteiger partial charge in [0.05, 0.1) is 20.8 Å². The lowest BCUT2D eigenvalue weighted by Gasteiger charge is -2.26. The number of amides is 1. The van der Waals surface area contributed by atoms with Crippen molar-refractivity contribution < 1.29 is 14.3 Å². The van der Waals surface area contributed by atoms with Crippen molar-refractivity contribution in [2.24, 2.45) is 0 Å². The van der Waals surface area contributed by atoms with Gasteiger partial charge in [0.2, 0.25) is 5.91 Å². The molecule has 0 spiro atoms. The number of anilines is 1. The predicted octanol–water partition coefficient (Wildman–Crippen LogP) is 4.44. The number of ether oxygens (including phenoxy) is 2. The molecule has 0 aliphatic carbocycles. The van der Waals surface area contributed by atoms with Crippen molar-refractivity contribution in [2.75, 3.05) is 32.6 Å². The average Bonchev–Trinajstić information content (AvgIpc) is 3.12. The number of methoxy groups -OCH3 is 2. The highest BCUT2D eigenvalue weighted by Crippen LogP contribution is 2.38. The third kappa shape index (κ3) is 4.37. The standard InChI is InChI=1S/C21H25ClN2O3/c1-14-17(22)6-4-7-18(14)23-21(25)13-24-11-5-8-19(24)16-10-9-15(26-2)12-20(16)27-3/h4,6-7,9-10,12,19H,5,8,11,13H2,1-3H3,(H,23,25)/t19-/m0/s1. The van der Waals surface area contributed by atoms with E-state index in [1.807, 2.05) is 43.3 Å². The minimum Gasteiger partial charge on any atom is -0.497 e. The van der Waals surface area contributed by atoms with Crippen LogP contribution in [-0.4, -0.2) is 38.1 Å². The van der Waals surface area contributed by atoms with Gasteiger partial charge >= 0.3 is 0 Å². The molecule has 3 rings (SSSR count). The molecule has 1 heterocycles. The second-order valence-corrected chi connectivity index (χ2v) is 7.10. The molecule has 144 valence electrons. The van der Waals surface area contributed by atoms with Gasteiger partial charge in [-0.05, 0) is 50.1 Å². The van der Waals surface area contributed by atoms with Crippen LogP contribution in [0, 0.1) is 6.92 Å². The van der Waals surface area contributed by atoms with Gasteiger partial charge in [-0.1, -0.05) is 23.7 Å². The van der Waals surface area contributed by atoms with Crippen molar-refractivity contribution in [3.8, 4) is 11.5 Å². The first-order valence-electron chi connectivity index (χ1n) is 9.04. The van der Waals surface area contributed by atoms with E-state index in [1.165, 1.54) is 0 Å². The summed E-state index contributed by atoms with van der Waals surface area (Å²) >= 11 is 6.14. The zero-order chi connectivity index (χ0) is 19.4. The van der Waals surface area contributed by atoms with Gasteiger partial charge in [0, 0.05) is 28.4 Å². The van der Waals surface area contributed by atoms with E-state index in [9.17, 15) is 4.79 Å². The van der Waals surface area contributed by atoms with Gasteiger partial charge in [-0.3, -0.25) is 9.69 Å². The van der Waals surface area contributed by atoms with Gasteiger partial charge in [-0.25, -0.2) is 0 Å². The summed E-state index contributed by atoms with van der Waals surface area (Å²) in [6, 6.07) is 11.5. The summed E-state index contributed by atoms with van der Waals surface area (Å²) in [6.07, 6.45) is 2.04. The summed E-state index contributed by atoms with van der Waals surface area (Å²) in [7, 11) is 3.30. The zero-order valence-electron chi connectivity index (χ0n) is 15.9. The summed E-state index contributed by atoms with van der Waals surface area (Å²) in [5.41, 5.74) is 2.72. The quantitative estimate of drug-likeness (QED) is 0.794. The first kappa shape index (κ1) is 19.5. The summed E-state index contributed by atoms with van der Waals surface area (Å²) in [4.78, 5) is 14.8. The molecule has 2 aromatic carbocycles. The Morgan fingerprint density at radius 3 is 2.81 bits per heavy atom. The maximum atomic E-state index is 12.6. The molecule has 2 aromatic rings. The molecule has 0 saturated carbocycles. The Hall–Kier alpha value is -2.24. The number of halogens is 1. The normalized spacial score (nSPS) is 17.0. The summed E-state index contributed by atoms with van der Waals surface area (Å²) in [5, 5.41) is 3.63. The third-order valence-corrected chi connectivity index (χ3v) is 5.46. The Bertz CT molecular complexity index is 825. The molecular weight excluding hydrogens is 364 g/mol. The van der Waals surface area contributed by atoms with Gasteiger partial charge in [0.1, 0.15) is 11.5 Å². The number of rotatable bonds is 6. The lowest BCUT2D eigenvalue weighted by atomic mass is 10.0. The number of benzene rings is 2. The molecule has 27 heavy (non-hydrogen) atoms. The number of hydrogen-bond acceptors (Lipinski definition) is 4. The van der Waals surface area contributed by atoms with Crippen molar-refractivity contribution in [1.82, 2.24) is 4.90 Å². The number of hydrogen-bond donors (Lipinski definition) is 1. The van der Waals surface area contributed by atoms with E-state index in [0.717, 1.165) is 47.7 Å². The van der Waals surface area contributed by atoms with Crippen molar-refractivity contribution in [1.29, 1.82) is 0 Å². The van der Waals surface area contributed by atoms with Crippen molar-refractivity contribution in [3.63, 3.8) is 0 Å². The molecule has 0 aromatic heterocycles. The minimum absolute atomic E-state index is 0.0419. The maximum Gasteiger partial charge on any atom is 0.238 e. The molecule has 1 saturated heterocycles. The first-order valence-corrected chi connectivity index (χ1v) is 9.42. The zero-order valence-corrected chi connectivity index (χ0v) is 16.7. The molecule has 0 radical (unpaired) electrons. The summed E-state index contributed by atoms with van der Waals surface area (Å²) in [5.74, 6) is 1.51. The van der Waals surface area contributed by atoms with Crippen LogP contribution in [0.25, 0.3) is 0 Å². The highest BCUT2D eigenvalue weighted by molar-refractivity contribution is 6.31. The van der Waals surface area contributed by atoms with Crippen LogP contribution in [0.5, 0.6) is 11.5 Å². The van der Waals surface area contributed by atoms with Crippen LogP contribution < -0.4 is 14.8 Å². The molecule has 6 heteroatoms. The van der Waals surface area contributed by atoms with Crippen LogP contribution in [0.3, 0.4) is 0 Å². The minimum atomic E-state index is -0.0419. The smallest absolute Gasteiger partial charge is 0.238 e. The van der Waals surface area contributed by atoms with Crippen molar-refractivity contribution in [3.05, 3.63) is 52.5 Å². The molecule has 1 amide bonds. The van der Waals surface area contributed by atoms with Gasteiger partial charge < -0.3 is 14.8 Å². The van der Waals surface area contributed by atoms with Crippen molar-refractivity contribution >= 4 is 23.2 Å². The number of carbonyl (C=O) groups excluding carboxylic acids is 1. The Labute approximate surface area is 165 Å². The van der Waals surface area contributed by atoms with Gasteiger partial charge in [0.25, 0.3) is 0 Å². The second-order valence-electron chi connectivity index (χ2n) is 6.70. The molecule has 0 bridgehead atoms. The van der Waals surface area contributed by atoms with E-state index in [2.05, 4.69) is 10.2 Å². The van der Waals surface area contributed by atoms with E-state index >= 15 is 0 Å². The third-order valence-electron chi connectivity index (χ3n) is 5.05. The van der Waals surface area contributed by atoms with E-state index < -0.39 is 0 Å². The first-order chi connectivity index (χ1) is 13.0. The maximum absolute atomic E-state index is 12.6. The van der Waals surface area contributed by atoms with Crippen molar-refractivity contribution in [2.45, 2.75) is 25.8 Å². The summed E-state index contributed by atoms with van der Waals surface area (Å²) < 4.78 is 10.8. The largest absolute Gasteiger partial charge is 0.497 e. The van der Waals surface area contributed by atoms with Crippen LogP contribution in [0.2, 0.25) is 5.02 Å². The lowest BCUT2D eigenvalue weighted by Crippen LogP contribution is -2.33. The molecule has 0 unspecified atom stereocenters. The molecule has 5 nitrogen and oxygen atoms in total. The topological polar surface area (TPSA) is 50.8 Å². The predicted molar refractivity (Wildman–Crippen MR) is 108 cm³/mol. The Balaban J connectivity index is 1.73. The fourth-order valence-electron chi connectivity index (χ4n) is 3.58. The molecule has 1 fully saturated rings. The Morgan fingerprint density at radius 2 is 2.07 bits per heavy atom. The molecule has 1 aliphatic rings. The second kappa shape index (κ2) is 8.63. The number of carbonyl (C=O) groups is 1. The molecule has 1 atom stereocenters. The van der Waals surface area contributed by atoms with Crippen LogP contribution in [0.1, 0.15) is 30.0 Å².